The molecule has 0 amide bonds. The van der Waals surface area contributed by atoms with Gasteiger partial charge >= 0.3 is 5.69 Å². The zero-order chi connectivity index (χ0) is 17.2. The Morgan fingerprint density at radius 3 is 2.57 bits per heavy atom. The van der Waals surface area contributed by atoms with Crippen molar-refractivity contribution < 1.29 is 8.42 Å². The molecule has 23 heavy (non-hydrogen) atoms. The van der Waals surface area contributed by atoms with Crippen molar-refractivity contribution in [3.05, 3.63) is 45.8 Å². The van der Waals surface area contributed by atoms with Crippen LogP contribution in [0.3, 0.4) is 0 Å². The summed E-state index contributed by atoms with van der Waals surface area (Å²) in [4.78, 5) is 27.2. The van der Waals surface area contributed by atoms with Gasteiger partial charge in [0.05, 0.1) is 6.33 Å². The standard InChI is InChI=1S/C13H19N5O4S/c1-15-9-11(12(19)17(3)13(15)20)23(21,22)16(2)6-4-7-18-8-5-14-10-18/h5,8-10H,4,6-7H2,1-3H3. The summed E-state index contributed by atoms with van der Waals surface area (Å²) in [6.45, 7) is 0.859. The second-order valence-electron chi connectivity index (χ2n) is 5.23. The number of hydrogen-bond acceptors (Lipinski definition) is 5. The van der Waals surface area contributed by atoms with E-state index in [2.05, 4.69) is 4.98 Å². The lowest BCUT2D eigenvalue weighted by molar-refractivity contribution is 0.443. The van der Waals surface area contributed by atoms with Crippen molar-refractivity contribution in [1.82, 2.24) is 23.0 Å². The number of hydrogen-bond donors (Lipinski definition) is 0. The Hall–Kier alpha value is -2.20. The minimum atomic E-state index is -3.96. The largest absolute Gasteiger partial charge is 0.337 e. The second kappa shape index (κ2) is 6.50. The maximum atomic E-state index is 12.5. The lowest BCUT2D eigenvalue weighted by Gasteiger charge is -2.17. The lowest BCUT2D eigenvalue weighted by atomic mass is 10.4. The fourth-order valence-electron chi connectivity index (χ4n) is 2.14. The van der Waals surface area contributed by atoms with Crippen molar-refractivity contribution in [2.24, 2.45) is 14.1 Å². The number of imidazole rings is 1. The highest BCUT2D eigenvalue weighted by molar-refractivity contribution is 7.89. The number of nitrogens with zero attached hydrogens (tertiary/aromatic N) is 5. The van der Waals surface area contributed by atoms with E-state index < -0.39 is 26.2 Å². The molecule has 0 aliphatic rings. The van der Waals surface area contributed by atoms with E-state index >= 15 is 0 Å². The summed E-state index contributed by atoms with van der Waals surface area (Å²) in [5.41, 5.74) is -1.40. The van der Waals surface area contributed by atoms with Gasteiger partial charge in [-0.05, 0) is 6.42 Å². The first-order valence-corrected chi connectivity index (χ1v) is 8.38. The van der Waals surface area contributed by atoms with Gasteiger partial charge in [-0.1, -0.05) is 0 Å². The van der Waals surface area contributed by atoms with Gasteiger partial charge in [0.25, 0.3) is 5.56 Å². The minimum absolute atomic E-state index is 0.243. The zero-order valence-electron chi connectivity index (χ0n) is 13.2. The molecule has 0 aliphatic carbocycles. The van der Waals surface area contributed by atoms with E-state index in [0.717, 1.165) is 19.6 Å². The first-order valence-electron chi connectivity index (χ1n) is 6.94. The monoisotopic (exact) mass is 341 g/mol. The summed E-state index contributed by atoms with van der Waals surface area (Å²) in [7, 11) is 0.109. The van der Waals surface area contributed by atoms with Crippen molar-refractivity contribution in [1.29, 1.82) is 0 Å². The molecule has 0 aliphatic heterocycles. The minimum Gasteiger partial charge on any atom is -0.337 e. The molecule has 0 unspecified atom stereocenters. The number of rotatable bonds is 6. The van der Waals surface area contributed by atoms with Crippen LogP contribution in [-0.2, 0) is 30.7 Å². The molecule has 0 fully saturated rings. The van der Waals surface area contributed by atoms with Gasteiger partial charge in [0, 0.05) is 52.8 Å². The van der Waals surface area contributed by atoms with Crippen LogP contribution < -0.4 is 11.2 Å². The number of aryl methyl sites for hydroxylation is 2. The molecule has 0 aromatic carbocycles. The van der Waals surface area contributed by atoms with E-state index in [1.165, 1.54) is 21.1 Å². The third-order valence-corrected chi connectivity index (χ3v) is 5.39. The highest BCUT2D eigenvalue weighted by Crippen LogP contribution is 2.09. The molecule has 0 bridgehead atoms. The van der Waals surface area contributed by atoms with Crippen LogP contribution in [0.1, 0.15) is 6.42 Å². The summed E-state index contributed by atoms with van der Waals surface area (Å²) in [6, 6.07) is 0. The Morgan fingerprint density at radius 1 is 1.26 bits per heavy atom. The molecule has 2 rings (SSSR count). The lowest BCUT2D eigenvalue weighted by Crippen LogP contribution is -2.42. The maximum absolute atomic E-state index is 12.5. The third-order valence-electron chi connectivity index (χ3n) is 3.55. The second-order valence-corrected chi connectivity index (χ2v) is 7.24. The van der Waals surface area contributed by atoms with Crippen LogP contribution in [0.15, 0.2) is 39.4 Å². The van der Waals surface area contributed by atoms with Gasteiger partial charge in [0.15, 0.2) is 4.90 Å². The molecule has 0 saturated heterocycles. The Kier molecular flexibility index (Phi) is 4.85. The highest BCUT2D eigenvalue weighted by Gasteiger charge is 2.25. The summed E-state index contributed by atoms with van der Waals surface area (Å²) in [5, 5.41) is 0. The van der Waals surface area contributed by atoms with E-state index in [1.807, 2.05) is 4.57 Å². The van der Waals surface area contributed by atoms with E-state index in [9.17, 15) is 18.0 Å². The van der Waals surface area contributed by atoms with E-state index in [4.69, 9.17) is 0 Å². The van der Waals surface area contributed by atoms with Crippen molar-refractivity contribution in [2.75, 3.05) is 13.6 Å². The van der Waals surface area contributed by atoms with Crippen LogP contribution in [-0.4, -0.2) is 45.0 Å². The summed E-state index contributed by atoms with van der Waals surface area (Å²) in [5.74, 6) is 0. The number of sulfonamides is 1. The predicted octanol–water partition coefficient (Wildman–Crippen LogP) is -1.01. The maximum Gasteiger partial charge on any atom is 0.330 e. The third kappa shape index (κ3) is 3.42. The molecular weight excluding hydrogens is 322 g/mol. The van der Waals surface area contributed by atoms with E-state index in [1.54, 1.807) is 18.7 Å². The molecule has 0 N–H and O–H groups in total. The first-order chi connectivity index (χ1) is 10.7. The molecule has 2 heterocycles. The highest BCUT2D eigenvalue weighted by atomic mass is 32.2. The predicted molar refractivity (Wildman–Crippen MR) is 83.6 cm³/mol. The van der Waals surface area contributed by atoms with Crippen molar-refractivity contribution in [3.8, 4) is 0 Å². The van der Waals surface area contributed by atoms with Gasteiger partial charge in [-0.2, -0.15) is 0 Å². The summed E-state index contributed by atoms with van der Waals surface area (Å²) < 4.78 is 29.9. The van der Waals surface area contributed by atoms with Gasteiger partial charge in [-0.25, -0.2) is 22.5 Å². The Labute approximate surface area is 133 Å². The average molecular weight is 341 g/mol. The van der Waals surface area contributed by atoms with Crippen LogP contribution >= 0.6 is 0 Å². The normalized spacial score (nSPS) is 12.0. The quantitative estimate of drug-likeness (QED) is 0.670. The summed E-state index contributed by atoms with van der Waals surface area (Å²) in [6.07, 6.45) is 6.72. The molecule has 2 aromatic rings. The smallest absolute Gasteiger partial charge is 0.330 e. The van der Waals surface area contributed by atoms with Crippen molar-refractivity contribution >= 4 is 10.0 Å². The van der Waals surface area contributed by atoms with Gasteiger partial charge in [0.1, 0.15) is 0 Å². The molecule has 0 radical (unpaired) electrons. The van der Waals surface area contributed by atoms with Crippen LogP contribution in [0.5, 0.6) is 0 Å². The molecule has 10 heteroatoms. The van der Waals surface area contributed by atoms with Gasteiger partial charge < -0.3 is 9.13 Å². The zero-order valence-corrected chi connectivity index (χ0v) is 14.0. The van der Waals surface area contributed by atoms with Gasteiger partial charge in [-0.3, -0.25) is 9.36 Å². The average Bonchev–Trinajstić information content (AvgIpc) is 3.01. The Bertz CT molecular complexity index is 895. The van der Waals surface area contributed by atoms with Crippen molar-refractivity contribution in [3.63, 3.8) is 0 Å². The van der Waals surface area contributed by atoms with Crippen LogP contribution in [0, 0.1) is 0 Å². The van der Waals surface area contributed by atoms with Crippen LogP contribution in [0.25, 0.3) is 0 Å². The molecular formula is C13H19N5O4S. The molecule has 0 spiro atoms. The topological polar surface area (TPSA) is 99.2 Å². The van der Waals surface area contributed by atoms with E-state index in [0.29, 0.717) is 13.0 Å². The number of aromatic nitrogens is 4. The fraction of sp³-hybridized carbons (Fsp3) is 0.462. The molecule has 126 valence electrons. The first kappa shape index (κ1) is 17.2. The van der Waals surface area contributed by atoms with Crippen LogP contribution in [0.4, 0.5) is 0 Å². The molecule has 0 atom stereocenters. The van der Waals surface area contributed by atoms with E-state index in [-0.39, 0.29) is 6.54 Å². The summed E-state index contributed by atoms with van der Waals surface area (Å²) >= 11 is 0. The SMILES string of the molecule is CN(CCCn1ccnc1)S(=O)(=O)c1cn(C)c(=O)n(C)c1=O. The molecule has 9 nitrogen and oxygen atoms in total. The van der Waals surface area contributed by atoms with Crippen molar-refractivity contribution in [2.45, 2.75) is 17.9 Å². The molecule has 2 aromatic heterocycles. The van der Waals surface area contributed by atoms with Crippen LogP contribution in [0.2, 0.25) is 0 Å². The van der Waals surface area contributed by atoms with Gasteiger partial charge in [0.2, 0.25) is 10.0 Å². The fourth-order valence-corrected chi connectivity index (χ4v) is 3.49. The molecule has 0 saturated carbocycles. The Morgan fingerprint density at radius 2 is 1.96 bits per heavy atom. The Balaban J connectivity index is 2.21. The van der Waals surface area contributed by atoms with Gasteiger partial charge in [-0.15, -0.1) is 0 Å².